The number of alkyl halides is 6. The minimum absolute atomic E-state index is 0.0712. The average Bonchev–Trinajstić information content (AvgIpc) is 2.69. The van der Waals surface area contributed by atoms with Gasteiger partial charge in [-0.25, -0.2) is 30.7 Å². The van der Waals surface area contributed by atoms with Gasteiger partial charge in [0.1, 0.15) is 17.8 Å². The van der Waals surface area contributed by atoms with E-state index in [1.54, 1.807) is 6.92 Å². The number of hydrogen-bond donors (Lipinski definition) is 0. The van der Waals surface area contributed by atoms with Gasteiger partial charge in [-0.2, -0.15) is 0 Å². The zero-order chi connectivity index (χ0) is 22.8. The highest BCUT2D eigenvalue weighted by molar-refractivity contribution is 5.48. The predicted molar refractivity (Wildman–Crippen MR) is 102 cm³/mol. The molecular weight excluding hydrogens is 418 g/mol. The van der Waals surface area contributed by atoms with Crippen molar-refractivity contribution in [1.82, 2.24) is 0 Å². The van der Waals surface area contributed by atoms with Gasteiger partial charge in [-0.3, -0.25) is 4.39 Å². The van der Waals surface area contributed by atoms with Gasteiger partial charge in [0.15, 0.2) is 24.7 Å². The van der Waals surface area contributed by atoms with Crippen LogP contribution in [0.3, 0.4) is 0 Å². The lowest BCUT2D eigenvalue weighted by Crippen LogP contribution is -2.45. The van der Waals surface area contributed by atoms with Crippen LogP contribution in [0.1, 0.15) is 39.5 Å². The highest BCUT2D eigenvalue weighted by atomic mass is 19.2. The van der Waals surface area contributed by atoms with Crippen LogP contribution in [0.5, 0.6) is 0 Å². The number of anilines is 1. The normalized spacial score (nSPS) is 17.8. The summed E-state index contributed by atoms with van der Waals surface area (Å²) in [5.41, 5.74) is -0.201. The molecule has 0 fully saturated rings. The minimum atomic E-state index is -3.09. The Morgan fingerprint density at radius 3 is 2.07 bits per heavy atom. The van der Waals surface area contributed by atoms with Crippen LogP contribution in [0.4, 0.5) is 40.8 Å². The van der Waals surface area contributed by atoms with Crippen molar-refractivity contribution in [2.75, 3.05) is 24.7 Å². The van der Waals surface area contributed by atoms with Gasteiger partial charge >= 0.3 is 0 Å². The standard InChI is InChI=1S/C21H29F8N/c1-3-5-13(2)11-30(18-8-7-14(23)10-16(18)25)12-17(26)20(28)21(29)19(27)15(24)6-4-9-22/h7-8,10,13,15,17,19-21H,3-6,9,11-12H2,1-2H3. The molecule has 0 heterocycles. The van der Waals surface area contributed by atoms with E-state index in [1.807, 2.05) is 6.92 Å². The molecule has 0 aliphatic heterocycles. The molecule has 0 aliphatic rings. The second-order valence-corrected chi connectivity index (χ2v) is 7.59. The topological polar surface area (TPSA) is 3.24 Å². The Morgan fingerprint density at radius 1 is 0.867 bits per heavy atom. The molecular formula is C21H29F8N. The van der Waals surface area contributed by atoms with Crippen molar-refractivity contribution in [2.45, 2.75) is 70.4 Å². The molecule has 1 aromatic carbocycles. The summed E-state index contributed by atoms with van der Waals surface area (Å²) in [5, 5.41) is 0. The van der Waals surface area contributed by atoms with E-state index in [2.05, 4.69) is 0 Å². The molecule has 1 rings (SSSR count). The maximum Gasteiger partial charge on any atom is 0.168 e. The second-order valence-electron chi connectivity index (χ2n) is 7.59. The molecule has 30 heavy (non-hydrogen) atoms. The van der Waals surface area contributed by atoms with Gasteiger partial charge in [-0.15, -0.1) is 0 Å². The molecule has 0 radical (unpaired) electrons. The fourth-order valence-electron chi connectivity index (χ4n) is 3.29. The smallest absolute Gasteiger partial charge is 0.168 e. The molecule has 0 bridgehead atoms. The van der Waals surface area contributed by atoms with E-state index in [0.29, 0.717) is 12.5 Å². The van der Waals surface area contributed by atoms with Gasteiger partial charge < -0.3 is 4.90 Å². The molecule has 6 unspecified atom stereocenters. The lowest BCUT2D eigenvalue weighted by molar-refractivity contribution is 0.000362. The van der Waals surface area contributed by atoms with Crippen LogP contribution in [-0.2, 0) is 0 Å². The van der Waals surface area contributed by atoms with Gasteiger partial charge in [0.25, 0.3) is 0 Å². The van der Waals surface area contributed by atoms with E-state index in [1.165, 1.54) is 0 Å². The lowest BCUT2D eigenvalue weighted by atomic mass is 10.00. The summed E-state index contributed by atoms with van der Waals surface area (Å²) in [6.45, 7) is 2.00. The Labute approximate surface area is 172 Å². The molecule has 0 amide bonds. The Bertz CT molecular complexity index is 617. The summed E-state index contributed by atoms with van der Waals surface area (Å²) in [6.07, 6.45) is -13.6. The fraction of sp³-hybridized carbons (Fsp3) is 0.714. The van der Waals surface area contributed by atoms with E-state index in [9.17, 15) is 35.1 Å². The molecule has 0 saturated carbocycles. The highest BCUT2D eigenvalue weighted by Crippen LogP contribution is 2.27. The van der Waals surface area contributed by atoms with Crippen molar-refractivity contribution in [3.8, 4) is 0 Å². The van der Waals surface area contributed by atoms with Crippen molar-refractivity contribution in [3.63, 3.8) is 0 Å². The van der Waals surface area contributed by atoms with Gasteiger partial charge in [0, 0.05) is 12.6 Å². The molecule has 0 aromatic heterocycles. The van der Waals surface area contributed by atoms with E-state index in [4.69, 9.17) is 0 Å². The van der Waals surface area contributed by atoms with Crippen LogP contribution >= 0.6 is 0 Å². The SMILES string of the molecule is CCCC(C)CN(CC(F)C(F)C(F)C(F)C(F)CCCF)c1ccc(F)cc1F. The zero-order valence-corrected chi connectivity index (χ0v) is 17.1. The monoisotopic (exact) mass is 447 g/mol. The summed E-state index contributed by atoms with van der Waals surface area (Å²) < 4.78 is 110. The third-order valence-electron chi connectivity index (χ3n) is 4.87. The van der Waals surface area contributed by atoms with Crippen molar-refractivity contribution in [3.05, 3.63) is 29.8 Å². The maximum atomic E-state index is 14.5. The Kier molecular flexibility index (Phi) is 11.5. The summed E-state index contributed by atoms with van der Waals surface area (Å²) in [6, 6.07) is 2.59. The lowest BCUT2D eigenvalue weighted by Gasteiger charge is -2.31. The first kappa shape index (κ1) is 26.5. The third-order valence-corrected chi connectivity index (χ3v) is 4.87. The van der Waals surface area contributed by atoms with Crippen LogP contribution in [0.2, 0.25) is 0 Å². The second kappa shape index (κ2) is 13.0. The van der Waals surface area contributed by atoms with Crippen LogP contribution in [-0.4, -0.2) is 50.6 Å². The molecule has 0 spiro atoms. The van der Waals surface area contributed by atoms with Crippen molar-refractivity contribution in [1.29, 1.82) is 0 Å². The third kappa shape index (κ3) is 7.95. The van der Waals surface area contributed by atoms with Gasteiger partial charge in [0.2, 0.25) is 0 Å². The van der Waals surface area contributed by atoms with Gasteiger partial charge in [-0.1, -0.05) is 20.3 Å². The van der Waals surface area contributed by atoms with E-state index in [-0.39, 0.29) is 24.6 Å². The molecule has 174 valence electrons. The first-order chi connectivity index (χ1) is 14.1. The average molecular weight is 447 g/mol. The predicted octanol–water partition coefficient (Wildman–Crippen LogP) is 6.65. The molecule has 0 aliphatic carbocycles. The Hall–Kier alpha value is -1.54. The molecule has 0 N–H and O–H groups in total. The number of nitrogens with zero attached hydrogens (tertiary/aromatic N) is 1. The highest BCUT2D eigenvalue weighted by Gasteiger charge is 2.41. The summed E-state index contributed by atoms with van der Waals surface area (Å²) in [4.78, 5) is 1.11. The fourth-order valence-corrected chi connectivity index (χ4v) is 3.29. The van der Waals surface area contributed by atoms with Crippen LogP contribution in [0.25, 0.3) is 0 Å². The van der Waals surface area contributed by atoms with E-state index in [0.717, 1.165) is 23.5 Å². The number of benzene rings is 1. The number of hydrogen-bond acceptors (Lipinski definition) is 1. The van der Waals surface area contributed by atoms with Crippen molar-refractivity contribution < 1.29 is 35.1 Å². The number of halogens is 8. The van der Waals surface area contributed by atoms with Gasteiger partial charge in [-0.05, 0) is 37.3 Å². The van der Waals surface area contributed by atoms with Crippen LogP contribution in [0, 0.1) is 17.6 Å². The zero-order valence-electron chi connectivity index (χ0n) is 17.1. The molecule has 1 aromatic rings. The van der Waals surface area contributed by atoms with E-state index >= 15 is 0 Å². The molecule has 6 atom stereocenters. The first-order valence-electron chi connectivity index (χ1n) is 10.1. The Morgan fingerprint density at radius 2 is 1.50 bits per heavy atom. The van der Waals surface area contributed by atoms with Gasteiger partial charge in [0.05, 0.1) is 18.9 Å². The van der Waals surface area contributed by atoms with Crippen LogP contribution in [0.15, 0.2) is 18.2 Å². The van der Waals surface area contributed by atoms with Crippen LogP contribution < -0.4 is 4.90 Å². The number of rotatable bonds is 14. The molecule has 1 nitrogen and oxygen atoms in total. The van der Waals surface area contributed by atoms with Crippen molar-refractivity contribution in [2.24, 2.45) is 5.92 Å². The van der Waals surface area contributed by atoms with Crippen molar-refractivity contribution >= 4 is 5.69 Å². The maximum absolute atomic E-state index is 14.5. The largest absolute Gasteiger partial charge is 0.366 e. The van der Waals surface area contributed by atoms with E-state index < -0.39 is 62.1 Å². The minimum Gasteiger partial charge on any atom is -0.366 e. The Balaban J connectivity index is 2.93. The first-order valence-corrected chi connectivity index (χ1v) is 10.1. The summed E-state index contributed by atoms with van der Waals surface area (Å²) in [7, 11) is 0. The summed E-state index contributed by atoms with van der Waals surface area (Å²) in [5.74, 6) is -1.93. The molecule has 9 heteroatoms. The molecule has 0 saturated heterocycles. The summed E-state index contributed by atoms with van der Waals surface area (Å²) >= 11 is 0. The quantitative estimate of drug-likeness (QED) is 0.289.